The lowest BCUT2D eigenvalue weighted by molar-refractivity contribution is -0.314. The molecule has 6 nitrogen and oxygen atoms in total. The highest BCUT2D eigenvalue weighted by molar-refractivity contribution is 7.93. The molecular weight excluding hydrogens is 363 g/mol. The van der Waals surface area contributed by atoms with Crippen LogP contribution in [0.4, 0.5) is 0 Å². The molecule has 1 unspecified atom stereocenters. The predicted molar refractivity (Wildman–Crippen MR) is 89.7 cm³/mol. The van der Waals surface area contributed by atoms with Crippen LogP contribution in [-0.2, 0) is 27.5 Å². The van der Waals surface area contributed by atoms with Gasteiger partial charge in [-0.15, -0.1) is 0 Å². The molecule has 0 N–H and O–H groups in total. The van der Waals surface area contributed by atoms with Gasteiger partial charge in [-0.05, 0) is 42.4 Å². The third-order valence-corrected chi connectivity index (χ3v) is 7.26. The fraction of sp³-hybridized carbons (Fsp3) is 0.294. The summed E-state index contributed by atoms with van der Waals surface area (Å²) in [6, 6.07) is 17.5. The largest absolute Gasteiger partial charge is 0.810 e. The van der Waals surface area contributed by atoms with Gasteiger partial charge in [0, 0.05) is 0 Å². The molecule has 2 rings (SSSR count). The maximum atomic E-state index is 11.0. The highest BCUT2D eigenvalue weighted by atomic mass is 32.2. The quantitative estimate of drug-likeness (QED) is 0.503. The maximum Gasteiger partial charge on any atom is 0.102 e. The van der Waals surface area contributed by atoms with Crippen molar-refractivity contribution < 1.29 is 27.3 Å². The van der Waals surface area contributed by atoms with Crippen LogP contribution >= 0.6 is 7.60 Å². The molecule has 0 radical (unpaired) electrons. The molecule has 136 valence electrons. The van der Waals surface area contributed by atoms with E-state index in [-0.39, 0.29) is 6.42 Å². The SMILES string of the molecule is O=P([O-])([O-])C(CCCc1cccc(Cc2ccccc2)c1)S(=O)(=O)[O-]. The first-order valence-electron chi connectivity index (χ1n) is 7.74. The summed E-state index contributed by atoms with van der Waals surface area (Å²) in [4.78, 5) is 19.5. The summed E-state index contributed by atoms with van der Waals surface area (Å²) in [5, 5.41) is 0. The molecule has 2 aromatic carbocycles. The zero-order valence-corrected chi connectivity index (χ0v) is 15.1. The van der Waals surface area contributed by atoms with Crippen LogP contribution in [0.25, 0.3) is 0 Å². The van der Waals surface area contributed by atoms with Gasteiger partial charge in [-0.3, -0.25) is 0 Å². The lowest BCUT2D eigenvalue weighted by Gasteiger charge is -2.39. The Kier molecular flexibility index (Phi) is 6.54. The lowest BCUT2D eigenvalue weighted by Crippen LogP contribution is -2.32. The first kappa shape index (κ1) is 19.8. The molecule has 1 atom stereocenters. The molecule has 8 heteroatoms. The number of hydrogen-bond donors (Lipinski definition) is 0. The van der Waals surface area contributed by atoms with Crippen molar-refractivity contribution in [2.75, 3.05) is 0 Å². The first-order chi connectivity index (χ1) is 11.7. The second-order valence-corrected chi connectivity index (χ2v) is 9.47. The molecule has 0 heterocycles. The Morgan fingerprint density at radius 2 is 1.52 bits per heavy atom. The van der Waals surface area contributed by atoms with Gasteiger partial charge in [0.1, 0.15) is 10.1 Å². The Labute approximate surface area is 147 Å². The zero-order chi connectivity index (χ0) is 18.5. The van der Waals surface area contributed by atoms with Gasteiger partial charge in [0.25, 0.3) is 0 Å². The van der Waals surface area contributed by atoms with Gasteiger partial charge in [-0.1, -0.05) is 62.2 Å². The van der Waals surface area contributed by atoms with E-state index in [0.717, 1.165) is 23.1 Å². The van der Waals surface area contributed by atoms with Crippen LogP contribution in [0.15, 0.2) is 54.6 Å². The topological polar surface area (TPSA) is 120 Å². The minimum atomic E-state index is -5.47. The summed E-state index contributed by atoms with van der Waals surface area (Å²) in [6.45, 7) is 0. The molecule has 0 amide bonds. The monoisotopic (exact) mass is 381 g/mol. The Hall–Kier alpha value is -1.50. The number of aryl methyl sites for hydroxylation is 1. The zero-order valence-electron chi connectivity index (χ0n) is 13.4. The number of rotatable bonds is 8. The minimum Gasteiger partial charge on any atom is -0.810 e. The normalized spacial score (nSPS) is 13.6. The second kappa shape index (κ2) is 8.25. The van der Waals surface area contributed by atoms with Gasteiger partial charge >= 0.3 is 0 Å². The molecule has 2 aromatic rings. The van der Waals surface area contributed by atoms with Crippen molar-refractivity contribution in [1.29, 1.82) is 0 Å². The molecule has 0 saturated heterocycles. The molecule has 0 aliphatic rings. The van der Waals surface area contributed by atoms with Crippen molar-refractivity contribution in [2.24, 2.45) is 0 Å². The molecule has 0 bridgehead atoms. The van der Waals surface area contributed by atoms with E-state index >= 15 is 0 Å². The maximum absolute atomic E-state index is 11.0. The molecular formula is C17H18O6PS-3. The molecule has 25 heavy (non-hydrogen) atoms. The van der Waals surface area contributed by atoms with Gasteiger partial charge in [0.05, 0.1) is 4.99 Å². The average molecular weight is 381 g/mol. The fourth-order valence-corrected chi connectivity index (χ4v) is 4.89. The van der Waals surface area contributed by atoms with Gasteiger partial charge < -0.3 is 18.9 Å². The van der Waals surface area contributed by atoms with Crippen LogP contribution in [-0.4, -0.2) is 18.0 Å². The highest BCUT2D eigenvalue weighted by Gasteiger charge is 2.19. The van der Waals surface area contributed by atoms with E-state index in [9.17, 15) is 27.3 Å². The summed E-state index contributed by atoms with van der Waals surface area (Å²) in [5.41, 5.74) is 3.10. The fourth-order valence-electron chi connectivity index (χ4n) is 2.67. The van der Waals surface area contributed by atoms with Crippen molar-refractivity contribution in [3.63, 3.8) is 0 Å². The Morgan fingerprint density at radius 3 is 2.12 bits per heavy atom. The first-order valence-corrected chi connectivity index (χ1v) is 10.8. The summed E-state index contributed by atoms with van der Waals surface area (Å²) in [6.07, 6.45) is 0.756. The summed E-state index contributed by atoms with van der Waals surface area (Å²) >= 11 is 0. The highest BCUT2D eigenvalue weighted by Crippen LogP contribution is 2.38. The minimum absolute atomic E-state index is 0.120. The number of benzene rings is 2. The average Bonchev–Trinajstić information content (AvgIpc) is 2.50. The molecule has 0 aromatic heterocycles. The number of hydrogen-bond acceptors (Lipinski definition) is 6. The summed E-state index contributed by atoms with van der Waals surface area (Å²) < 4.78 is 43.8. The van der Waals surface area contributed by atoms with Crippen molar-refractivity contribution in [1.82, 2.24) is 0 Å². The van der Waals surface area contributed by atoms with Crippen LogP contribution in [0.3, 0.4) is 0 Å². The molecule has 0 spiro atoms. The third-order valence-electron chi connectivity index (χ3n) is 3.84. The van der Waals surface area contributed by atoms with Crippen molar-refractivity contribution in [2.45, 2.75) is 30.7 Å². The van der Waals surface area contributed by atoms with Crippen LogP contribution in [0.2, 0.25) is 0 Å². The lowest BCUT2D eigenvalue weighted by atomic mass is 10.0. The van der Waals surface area contributed by atoms with Gasteiger partial charge in [-0.2, -0.15) is 0 Å². The summed E-state index contributed by atoms with van der Waals surface area (Å²) in [5.74, 6) is 0. The molecule has 0 aliphatic heterocycles. The van der Waals surface area contributed by atoms with E-state index in [0.29, 0.717) is 6.42 Å². The Bertz CT molecular complexity index is 844. The molecule has 0 saturated carbocycles. The van der Waals surface area contributed by atoms with Gasteiger partial charge in [0.15, 0.2) is 0 Å². The second-order valence-electron chi connectivity index (χ2n) is 5.86. The van der Waals surface area contributed by atoms with Crippen molar-refractivity contribution in [3.8, 4) is 0 Å². The molecule has 0 aliphatic carbocycles. The Balaban J connectivity index is 1.99. The van der Waals surface area contributed by atoms with E-state index in [4.69, 9.17) is 0 Å². The molecule has 0 fully saturated rings. The van der Waals surface area contributed by atoms with Crippen LogP contribution < -0.4 is 9.79 Å². The van der Waals surface area contributed by atoms with Crippen molar-refractivity contribution >= 4 is 17.7 Å². The van der Waals surface area contributed by atoms with Crippen LogP contribution in [0, 0.1) is 0 Å². The van der Waals surface area contributed by atoms with Crippen LogP contribution in [0.5, 0.6) is 0 Å². The predicted octanol–water partition coefficient (Wildman–Crippen LogP) is 1.39. The van der Waals surface area contributed by atoms with E-state index in [1.807, 2.05) is 54.6 Å². The van der Waals surface area contributed by atoms with Crippen LogP contribution in [0.1, 0.15) is 29.5 Å². The summed E-state index contributed by atoms with van der Waals surface area (Å²) in [7, 11) is -10.6. The van der Waals surface area contributed by atoms with E-state index < -0.39 is 29.1 Å². The van der Waals surface area contributed by atoms with Gasteiger partial charge in [-0.25, -0.2) is 8.42 Å². The van der Waals surface area contributed by atoms with E-state index in [2.05, 4.69) is 0 Å². The van der Waals surface area contributed by atoms with Gasteiger partial charge in [0.2, 0.25) is 0 Å². The van der Waals surface area contributed by atoms with Crippen molar-refractivity contribution in [3.05, 3.63) is 71.3 Å². The Morgan fingerprint density at radius 1 is 0.920 bits per heavy atom. The van der Waals surface area contributed by atoms with E-state index in [1.54, 1.807) is 0 Å². The smallest absolute Gasteiger partial charge is 0.102 e. The standard InChI is InChI=1S/C17H21O6PS/c18-24(19,20)17(25(21,22)23)11-5-9-15-8-4-10-16(13-15)12-14-6-2-1-3-7-14/h1-4,6-8,10,13,17H,5,9,11-12H2,(H2,18,19,20)(H,21,22,23)/p-3. The third kappa shape index (κ3) is 6.38. The van der Waals surface area contributed by atoms with E-state index in [1.165, 1.54) is 0 Å².